The second-order valence-electron chi connectivity index (χ2n) is 8.42. The number of halogens is 1. The molecule has 0 radical (unpaired) electrons. The van der Waals surface area contributed by atoms with Crippen molar-refractivity contribution in [1.82, 2.24) is 10.2 Å². The van der Waals surface area contributed by atoms with E-state index in [0.29, 0.717) is 11.5 Å². The molecule has 2 aliphatic heterocycles. The van der Waals surface area contributed by atoms with Crippen molar-refractivity contribution in [3.05, 3.63) is 113 Å². The highest BCUT2D eigenvalue weighted by Gasteiger charge is 2.54. The van der Waals surface area contributed by atoms with Crippen LogP contribution in [0.4, 0.5) is 0 Å². The Morgan fingerprint density at radius 2 is 1.51 bits per heavy atom. The predicted molar refractivity (Wildman–Crippen MR) is 141 cm³/mol. The summed E-state index contributed by atoms with van der Waals surface area (Å²) >= 11 is 7.81. The second kappa shape index (κ2) is 11.1. The maximum atomic E-state index is 13.4. The Morgan fingerprint density at radius 3 is 2.11 bits per heavy atom. The van der Waals surface area contributed by atoms with Gasteiger partial charge in [-0.15, -0.1) is 11.8 Å². The van der Waals surface area contributed by atoms with Crippen LogP contribution in [-0.2, 0) is 19.1 Å². The first kappa shape index (κ1) is 24.9. The van der Waals surface area contributed by atoms with E-state index >= 15 is 0 Å². The van der Waals surface area contributed by atoms with Crippen molar-refractivity contribution in [1.29, 1.82) is 0 Å². The molecule has 1 saturated heterocycles. The Bertz CT molecular complexity index is 1280. The lowest BCUT2D eigenvalue weighted by molar-refractivity contribution is -0.154. The lowest BCUT2D eigenvalue weighted by Crippen LogP contribution is -2.70. The highest BCUT2D eigenvalue weighted by atomic mass is 35.5. The zero-order chi connectivity index (χ0) is 25.8. The molecule has 188 valence electrons. The summed E-state index contributed by atoms with van der Waals surface area (Å²) < 4.78 is 11.4. The van der Waals surface area contributed by atoms with E-state index in [9.17, 15) is 14.4 Å². The third kappa shape index (κ3) is 5.35. The summed E-state index contributed by atoms with van der Waals surface area (Å²) in [6, 6.07) is 26.9. The fourth-order valence-corrected chi connectivity index (χ4v) is 5.75. The van der Waals surface area contributed by atoms with Crippen molar-refractivity contribution in [2.75, 3.05) is 12.4 Å². The highest BCUT2D eigenvalue weighted by molar-refractivity contribution is 8.00. The minimum absolute atomic E-state index is 0.0123. The summed E-state index contributed by atoms with van der Waals surface area (Å²) in [5.74, 6) is -0.683. The van der Waals surface area contributed by atoms with E-state index in [0.717, 1.165) is 11.1 Å². The Kier molecular flexibility index (Phi) is 7.48. The van der Waals surface area contributed by atoms with Gasteiger partial charge in [0.05, 0.1) is 5.03 Å². The molecule has 0 aliphatic carbocycles. The molecular weight excluding hydrogens is 512 g/mol. The van der Waals surface area contributed by atoms with E-state index in [2.05, 4.69) is 5.32 Å². The maximum Gasteiger partial charge on any atom is 0.357 e. The van der Waals surface area contributed by atoms with E-state index < -0.39 is 35.3 Å². The summed E-state index contributed by atoms with van der Waals surface area (Å²) in [7, 11) is 0. The lowest BCUT2D eigenvalue weighted by atomic mass is 10.0. The minimum Gasteiger partial charge on any atom is -0.484 e. The number of benzene rings is 3. The van der Waals surface area contributed by atoms with Crippen molar-refractivity contribution in [2.45, 2.75) is 17.5 Å². The van der Waals surface area contributed by atoms with Gasteiger partial charge in [-0.25, -0.2) is 4.79 Å². The molecule has 2 heterocycles. The first-order valence-corrected chi connectivity index (χ1v) is 13.1. The molecule has 2 atom stereocenters. The number of fused-ring (bicyclic) bond motifs is 1. The number of thioether (sulfide) groups is 1. The van der Waals surface area contributed by atoms with E-state index in [1.807, 2.05) is 66.7 Å². The van der Waals surface area contributed by atoms with Gasteiger partial charge in [0.1, 0.15) is 22.9 Å². The molecule has 3 aromatic carbocycles. The molecule has 9 heteroatoms. The van der Waals surface area contributed by atoms with Crippen LogP contribution in [0.15, 0.2) is 102 Å². The fourth-order valence-electron chi connectivity index (χ4n) is 4.20. The predicted octanol–water partition coefficient (Wildman–Crippen LogP) is 4.25. The van der Waals surface area contributed by atoms with Gasteiger partial charge >= 0.3 is 5.97 Å². The Labute approximate surface area is 223 Å². The third-order valence-corrected chi connectivity index (χ3v) is 7.73. The number of hydrogen-bond donors (Lipinski definition) is 1. The van der Waals surface area contributed by atoms with Crippen molar-refractivity contribution < 1.29 is 23.9 Å². The summed E-state index contributed by atoms with van der Waals surface area (Å²) in [6.45, 7) is -0.230. The number of nitrogens with one attached hydrogen (secondary N) is 1. The third-order valence-electron chi connectivity index (χ3n) is 5.97. The van der Waals surface area contributed by atoms with Gasteiger partial charge in [0.15, 0.2) is 12.7 Å². The zero-order valence-electron chi connectivity index (χ0n) is 19.6. The number of carbonyl (C=O) groups is 3. The summed E-state index contributed by atoms with van der Waals surface area (Å²) in [6.07, 6.45) is -0.679. The van der Waals surface area contributed by atoms with E-state index in [-0.39, 0.29) is 17.3 Å². The molecule has 5 rings (SSSR count). The largest absolute Gasteiger partial charge is 0.484 e. The van der Waals surface area contributed by atoms with Crippen LogP contribution in [0.1, 0.15) is 17.2 Å². The van der Waals surface area contributed by atoms with Crippen molar-refractivity contribution in [2.24, 2.45) is 0 Å². The van der Waals surface area contributed by atoms with Crippen molar-refractivity contribution >= 4 is 41.1 Å². The Balaban J connectivity index is 1.28. The molecule has 0 bridgehead atoms. The van der Waals surface area contributed by atoms with E-state index in [4.69, 9.17) is 21.1 Å². The lowest BCUT2D eigenvalue weighted by Gasteiger charge is -2.49. The molecule has 1 fully saturated rings. The summed E-state index contributed by atoms with van der Waals surface area (Å²) in [5.41, 5.74) is 1.59. The number of para-hydroxylation sites is 1. The van der Waals surface area contributed by atoms with Crippen LogP contribution in [0, 0.1) is 0 Å². The molecule has 0 aromatic heterocycles. The van der Waals surface area contributed by atoms with Crippen LogP contribution in [0.25, 0.3) is 0 Å². The number of carbonyl (C=O) groups excluding carboxylic acids is 3. The molecule has 0 saturated carbocycles. The Hall–Kier alpha value is -3.75. The van der Waals surface area contributed by atoms with Gasteiger partial charge in [-0.3, -0.25) is 14.5 Å². The number of esters is 1. The highest BCUT2D eigenvalue weighted by Crippen LogP contribution is 2.42. The molecule has 0 spiro atoms. The smallest absolute Gasteiger partial charge is 0.357 e. The van der Waals surface area contributed by atoms with Gasteiger partial charge in [-0.2, -0.15) is 0 Å². The number of nitrogens with zero attached hydrogens (tertiary/aromatic N) is 1. The average molecular weight is 535 g/mol. The van der Waals surface area contributed by atoms with E-state index in [1.54, 1.807) is 24.3 Å². The maximum absolute atomic E-state index is 13.4. The van der Waals surface area contributed by atoms with Crippen LogP contribution in [0.2, 0.25) is 0 Å². The zero-order valence-corrected chi connectivity index (χ0v) is 21.2. The molecule has 0 unspecified atom stereocenters. The van der Waals surface area contributed by atoms with Gasteiger partial charge in [-0.1, -0.05) is 90.5 Å². The first-order chi connectivity index (χ1) is 18.0. The van der Waals surface area contributed by atoms with Crippen LogP contribution in [0.5, 0.6) is 5.75 Å². The number of amides is 2. The van der Waals surface area contributed by atoms with Crippen molar-refractivity contribution in [3.8, 4) is 5.75 Å². The number of rotatable bonds is 8. The molecule has 2 aliphatic rings. The van der Waals surface area contributed by atoms with Crippen LogP contribution in [0.3, 0.4) is 0 Å². The molecule has 3 aromatic rings. The van der Waals surface area contributed by atoms with Crippen LogP contribution < -0.4 is 10.1 Å². The van der Waals surface area contributed by atoms with Crippen LogP contribution >= 0.6 is 23.4 Å². The molecule has 7 nitrogen and oxygen atoms in total. The number of β-lactam (4-membered cyclic amide) rings is 1. The monoisotopic (exact) mass is 534 g/mol. The number of hydrogen-bond acceptors (Lipinski definition) is 6. The van der Waals surface area contributed by atoms with Gasteiger partial charge in [0, 0.05) is 5.75 Å². The topological polar surface area (TPSA) is 84.9 Å². The summed E-state index contributed by atoms with van der Waals surface area (Å²) in [4.78, 5) is 40.2. The molecular formula is C28H23ClN2O5S. The molecule has 1 N–H and O–H groups in total. The fraction of sp³-hybridized carbons (Fsp3) is 0.179. The molecule has 37 heavy (non-hydrogen) atoms. The average Bonchev–Trinajstić information content (AvgIpc) is 2.94. The molecule has 2 amide bonds. The first-order valence-electron chi connectivity index (χ1n) is 11.6. The standard InChI is InChI=1S/C28H23ClN2O5S/c29-21-17-37-27-23(30-22(32)16-35-20-14-8-3-9-15-20)26(33)31(27)24(21)28(34)36-25(18-10-4-1-5-11-18)19-12-6-2-7-13-19/h1-15,23,25,27H,16-17H2,(H,30,32)/t23-,27-/m1/s1. The number of ether oxygens (including phenoxy) is 2. The van der Waals surface area contributed by atoms with E-state index in [1.165, 1.54) is 16.7 Å². The SMILES string of the molecule is O=C(COc1ccccc1)N[C@@H]1C(=O)N2C(C(=O)OC(c3ccccc3)c3ccccc3)=C(Cl)CS[C@H]12. The second-order valence-corrected chi connectivity index (χ2v) is 9.98. The van der Waals surface area contributed by atoms with Crippen molar-refractivity contribution in [3.63, 3.8) is 0 Å². The van der Waals surface area contributed by atoms with Crippen LogP contribution in [-0.4, -0.2) is 46.5 Å². The minimum atomic E-state index is -0.788. The Morgan fingerprint density at radius 1 is 0.946 bits per heavy atom. The van der Waals surface area contributed by atoms with Gasteiger partial charge in [0.2, 0.25) is 0 Å². The quantitative estimate of drug-likeness (QED) is 0.343. The van der Waals surface area contributed by atoms with Gasteiger partial charge in [0.25, 0.3) is 11.8 Å². The van der Waals surface area contributed by atoms with Gasteiger partial charge < -0.3 is 14.8 Å². The van der Waals surface area contributed by atoms with Gasteiger partial charge in [-0.05, 0) is 23.3 Å². The summed E-state index contributed by atoms with van der Waals surface area (Å²) in [5, 5.41) is 2.47. The normalized spacial score (nSPS) is 18.6.